The summed E-state index contributed by atoms with van der Waals surface area (Å²) in [4.78, 5) is 7.34. The Balaban J connectivity index is 1.76. The number of rotatable bonds is 3. The van der Waals surface area contributed by atoms with Gasteiger partial charge in [0.1, 0.15) is 0 Å². The lowest BCUT2D eigenvalue weighted by atomic mass is 10.1. The Morgan fingerprint density at radius 3 is 2.95 bits per heavy atom. The van der Waals surface area contributed by atoms with Crippen LogP contribution in [-0.2, 0) is 0 Å². The molecule has 0 amide bonds. The summed E-state index contributed by atoms with van der Waals surface area (Å²) in [5.41, 5.74) is 2.09. The number of aliphatic imine (C=N–C) groups is 1. The van der Waals surface area contributed by atoms with E-state index >= 15 is 0 Å². The number of benzene rings is 1. The average Bonchev–Trinajstić information content (AvgIpc) is 3.08. The molecule has 0 unspecified atom stereocenters. The molecule has 2 aliphatic rings. The molecule has 0 spiro atoms. The van der Waals surface area contributed by atoms with Gasteiger partial charge in [-0.05, 0) is 43.4 Å². The number of amidine groups is 1. The van der Waals surface area contributed by atoms with Crippen LogP contribution >= 0.6 is 23.4 Å². The molecule has 4 heteroatoms. The molecule has 0 radical (unpaired) electrons. The second kappa shape index (κ2) is 6.40. The topological polar surface area (TPSA) is 15.6 Å². The zero-order valence-electron chi connectivity index (χ0n) is 11.9. The van der Waals surface area contributed by atoms with Gasteiger partial charge in [0.2, 0.25) is 0 Å². The molecule has 1 aromatic rings. The van der Waals surface area contributed by atoms with Gasteiger partial charge in [-0.3, -0.25) is 0 Å². The summed E-state index contributed by atoms with van der Waals surface area (Å²) in [6, 6.07) is 5.97. The highest BCUT2D eigenvalue weighted by atomic mass is 35.5. The summed E-state index contributed by atoms with van der Waals surface area (Å²) in [6.45, 7) is 4.37. The Morgan fingerprint density at radius 1 is 1.35 bits per heavy atom. The van der Waals surface area contributed by atoms with Crippen molar-refractivity contribution < 1.29 is 0 Å². The van der Waals surface area contributed by atoms with Gasteiger partial charge in [0.05, 0.1) is 5.69 Å². The third-order valence-electron chi connectivity index (χ3n) is 4.27. The molecule has 0 bridgehead atoms. The number of nitrogens with zero attached hydrogens (tertiary/aromatic N) is 2. The molecule has 20 heavy (non-hydrogen) atoms. The molecular formula is C16H21ClN2S. The van der Waals surface area contributed by atoms with Crippen LogP contribution < -0.4 is 0 Å². The van der Waals surface area contributed by atoms with E-state index in [0.717, 1.165) is 34.5 Å². The van der Waals surface area contributed by atoms with Gasteiger partial charge < -0.3 is 4.90 Å². The third kappa shape index (κ3) is 3.15. The van der Waals surface area contributed by atoms with Gasteiger partial charge in [-0.2, -0.15) is 0 Å². The fourth-order valence-corrected chi connectivity index (χ4v) is 4.21. The maximum absolute atomic E-state index is 6.18. The van der Waals surface area contributed by atoms with Gasteiger partial charge in [-0.25, -0.2) is 4.99 Å². The summed E-state index contributed by atoms with van der Waals surface area (Å²) in [5.74, 6) is 2.03. The van der Waals surface area contributed by atoms with E-state index in [-0.39, 0.29) is 0 Å². The monoisotopic (exact) mass is 308 g/mol. The number of hydrogen-bond acceptors (Lipinski definition) is 2. The van der Waals surface area contributed by atoms with Crippen LogP contribution in [0.2, 0.25) is 5.02 Å². The highest BCUT2D eigenvalue weighted by molar-refractivity contribution is 8.14. The van der Waals surface area contributed by atoms with Gasteiger partial charge in [0.15, 0.2) is 5.17 Å². The molecule has 3 rings (SSSR count). The van der Waals surface area contributed by atoms with Crippen LogP contribution in [0.25, 0.3) is 0 Å². The van der Waals surface area contributed by atoms with E-state index in [9.17, 15) is 0 Å². The van der Waals surface area contributed by atoms with Gasteiger partial charge >= 0.3 is 0 Å². The van der Waals surface area contributed by atoms with Gasteiger partial charge in [0, 0.05) is 23.9 Å². The molecule has 1 saturated heterocycles. The van der Waals surface area contributed by atoms with E-state index in [1.54, 1.807) is 0 Å². The minimum absolute atomic E-state index is 0.803. The number of thioether (sulfide) groups is 1. The van der Waals surface area contributed by atoms with Crippen molar-refractivity contribution in [1.29, 1.82) is 0 Å². The normalized spacial score (nSPS) is 22.1. The van der Waals surface area contributed by atoms with Crippen LogP contribution in [0.4, 0.5) is 5.69 Å². The first-order valence-electron chi connectivity index (χ1n) is 7.45. The predicted octanol–water partition coefficient (Wildman–Crippen LogP) is 4.87. The summed E-state index contributed by atoms with van der Waals surface area (Å²) in [5, 5.41) is 1.99. The van der Waals surface area contributed by atoms with E-state index in [0.29, 0.717) is 0 Å². The molecule has 1 aromatic carbocycles. The molecule has 1 heterocycles. The molecule has 0 N–H and O–H groups in total. The van der Waals surface area contributed by atoms with Crippen molar-refractivity contribution in [2.24, 2.45) is 10.9 Å². The minimum Gasteiger partial charge on any atom is -0.350 e. The maximum Gasteiger partial charge on any atom is 0.164 e. The van der Waals surface area contributed by atoms with Crippen LogP contribution in [0.3, 0.4) is 0 Å². The molecule has 1 aliphatic heterocycles. The molecule has 0 aromatic heterocycles. The lowest BCUT2D eigenvalue weighted by Crippen LogP contribution is -2.29. The maximum atomic E-state index is 6.18. The van der Waals surface area contributed by atoms with Crippen molar-refractivity contribution in [1.82, 2.24) is 4.90 Å². The standard InChI is InChI=1S/C16H21ClN2S/c1-12-14(17)7-4-8-15(12)18-16-19(9-10-20-16)11-13-5-2-3-6-13/h4,7-8,13H,2-3,5-6,9-11H2,1H3/b18-16-. The molecule has 2 fully saturated rings. The second-order valence-electron chi connectivity index (χ2n) is 5.72. The van der Waals surface area contributed by atoms with Gasteiger partial charge in [-0.15, -0.1) is 0 Å². The van der Waals surface area contributed by atoms with Crippen LogP contribution in [0.15, 0.2) is 23.2 Å². The fraction of sp³-hybridized carbons (Fsp3) is 0.562. The fourth-order valence-electron chi connectivity index (χ4n) is 3.03. The lowest BCUT2D eigenvalue weighted by Gasteiger charge is -2.22. The molecular weight excluding hydrogens is 288 g/mol. The molecule has 1 saturated carbocycles. The van der Waals surface area contributed by atoms with Gasteiger partial charge in [0.25, 0.3) is 0 Å². The Kier molecular flexibility index (Phi) is 4.57. The van der Waals surface area contributed by atoms with Crippen molar-refractivity contribution in [3.8, 4) is 0 Å². The Hall–Kier alpha value is -0.670. The quantitative estimate of drug-likeness (QED) is 0.791. The first-order valence-corrected chi connectivity index (χ1v) is 8.82. The highest BCUT2D eigenvalue weighted by Gasteiger charge is 2.24. The summed E-state index contributed by atoms with van der Waals surface area (Å²) < 4.78 is 0. The molecule has 2 nitrogen and oxygen atoms in total. The first-order chi connectivity index (χ1) is 9.74. The molecule has 1 aliphatic carbocycles. The molecule has 0 atom stereocenters. The van der Waals surface area contributed by atoms with Crippen LogP contribution in [0.1, 0.15) is 31.2 Å². The van der Waals surface area contributed by atoms with Crippen molar-refractivity contribution in [3.05, 3.63) is 28.8 Å². The van der Waals surface area contributed by atoms with Crippen molar-refractivity contribution >= 4 is 34.2 Å². The average molecular weight is 309 g/mol. The largest absolute Gasteiger partial charge is 0.350 e. The number of hydrogen-bond donors (Lipinski definition) is 0. The van der Waals surface area contributed by atoms with Crippen molar-refractivity contribution in [2.45, 2.75) is 32.6 Å². The van der Waals surface area contributed by atoms with Crippen LogP contribution in [0.5, 0.6) is 0 Å². The van der Waals surface area contributed by atoms with Crippen molar-refractivity contribution in [3.63, 3.8) is 0 Å². The van der Waals surface area contributed by atoms with Crippen LogP contribution in [-0.4, -0.2) is 28.9 Å². The number of halogens is 1. The third-order valence-corrected chi connectivity index (χ3v) is 5.68. The van der Waals surface area contributed by atoms with E-state index in [4.69, 9.17) is 16.6 Å². The summed E-state index contributed by atoms with van der Waals surface area (Å²) >= 11 is 8.06. The Morgan fingerprint density at radius 2 is 2.15 bits per heavy atom. The minimum atomic E-state index is 0.803. The zero-order valence-corrected chi connectivity index (χ0v) is 13.5. The zero-order chi connectivity index (χ0) is 13.9. The molecule has 108 valence electrons. The predicted molar refractivity (Wildman–Crippen MR) is 89.3 cm³/mol. The Bertz CT molecular complexity index is 509. The van der Waals surface area contributed by atoms with Crippen molar-refractivity contribution in [2.75, 3.05) is 18.8 Å². The SMILES string of the molecule is Cc1c(Cl)cccc1/N=C1\SCCN1CC1CCCC1. The Labute approximate surface area is 130 Å². The van der Waals surface area contributed by atoms with E-state index in [1.807, 2.05) is 30.8 Å². The van der Waals surface area contributed by atoms with Gasteiger partial charge in [-0.1, -0.05) is 42.3 Å². The van der Waals surface area contributed by atoms with E-state index < -0.39 is 0 Å². The smallest absolute Gasteiger partial charge is 0.164 e. The van der Waals surface area contributed by atoms with E-state index in [1.165, 1.54) is 37.4 Å². The second-order valence-corrected chi connectivity index (χ2v) is 7.19. The lowest BCUT2D eigenvalue weighted by molar-refractivity contribution is 0.366. The summed E-state index contributed by atoms with van der Waals surface area (Å²) in [6.07, 6.45) is 5.60. The summed E-state index contributed by atoms with van der Waals surface area (Å²) in [7, 11) is 0. The van der Waals surface area contributed by atoms with E-state index in [2.05, 4.69) is 11.0 Å². The highest BCUT2D eigenvalue weighted by Crippen LogP contribution is 2.31. The first kappa shape index (κ1) is 14.3. The van der Waals surface area contributed by atoms with Crippen LogP contribution in [0, 0.1) is 12.8 Å².